The van der Waals surface area contributed by atoms with Gasteiger partial charge in [0.25, 0.3) is 0 Å². The molecule has 2 heterocycles. The second kappa shape index (κ2) is 6.13. The van der Waals surface area contributed by atoms with Crippen LogP contribution in [0.2, 0.25) is 0 Å². The molecule has 2 saturated heterocycles. The van der Waals surface area contributed by atoms with Gasteiger partial charge in [-0.05, 0) is 33.1 Å². The Kier molecular flexibility index (Phi) is 5.01. The van der Waals surface area contributed by atoms with Crippen molar-refractivity contribution in [2.24, 2.45) is 11.7 Å². The maximum Gasteiger partial charge on any atom is 0.176 e. The monoisotopic (exact) mass is 301 g/mol. The van der Waals surface area contributed by atoms with Crippen LogP contribution < -0.4 is 5.73 Å². The first kappa shape index (κ1) is 17.2. The lowest BCUT2D eigenvalue weighted by molar-refractivity contribution is -0.373. The van der Waals surface area contributed by atoms with Gasteiger partial charge in [0.05, 0.1) is 36.1 Å². The molecular formula is C16H31NO4. The third-order valence-corrected chi connectivity index (χ3v) is 5.65. The molecule has 5 heteroatoms. The van der Waals surface area contributed by atoms with Crippen LogP contribution in [0.3, 0.4) is 0 Å². The van der Waals surface area contributed by atoms with E-state index in [4.69, 9.17) is 19.9 Å². The normalized spacial score (nSPS) is 43.3. The van der Waals surface area contributed by atoms with E-state index in [1.54, 1.807) is 0 Å². The zero-order valence-electron chi connectivity index (χ0n) is 14.0. The van der Waals surface area contributed by atoms with Crippen LogP contribution in [-0.4, -0.2) is 47.5 Å². The Balaban J connectivity index is 2.12. The van der Waals surface area contributed by atoms with Crippen molar-refractivity contribution in [1.29, 1.82) is 0 Å². The molecule has 6 atom stereocenters. The van der Waals surface area contributed by atoms with E-state index in [0.29, 0.717) is 0 Å². The first-order valence-corrected chi connectivity index (χ1v) is 8.21. The molecule has 0 amide bonds. The highest BCUT2D eigenvalue weighted by Gasteiger charge is 2.61. The summed E-state index contributed by atoms with van der Waals surface area (Å²) in [6.45, 7) is 10.4. The third kappa shape index (κ3) is 2.86. The zero-order valence-corrected chi connectivity index (χ0v) is 14.0. The predicted octanol–water partition coefficient (Wildman–Crippen LogP) is 1.81. The Labute approximate surface area is 128 Å². The van der Waals surface area contributed by atoms with Gasteiger partial charge in [0.1, 0.15) is 0 Å². The topological polar surface area (TPSA) is 73.9 Å². The Morgan fingerprint density at radius 2 is 1.90 bits per heavy atom. The smallest absolute Gasteiger partial charge is 0.176 e. The third-order valence-electron chi connectivity index (χ3n) is 5.65. The lowest BCUT2D eigenvalue weighted by Crippen LogP contribution is -2.75. The fraction of sp³-hybridized carbons (Fsp3) is 1.00. The highest BCUT2D eigenvalue weighted by atomic mass is 16.7. The fourth-order valence-electron chi connectivity index (χ4n) is 3.44. The number of hydrogen-bond donors (Lipinski definition) is 2. The summed E-state index contributed by atoms with van der Waals surface area (Å²) in [5.41, 5.74) is 5.81. The van der Waals surface area contributed by atoms with Crippen LogP contribution in [0.4, 0.5) is 0 Å². The number of aliphatic hydroxyl groups is 1. The molecule has 0 saturated carbocycles. The second-order valence-corrected chi connectivity index (χ2v) is 6.85. The van der Waals surface area contributed by atoms with Gasteiger partial charge in [-0.15, -0.1) is 0 Å². The summed E-state index contributed by atoms with van der Waals surface area (Å²) in [5.74, 6) is 0.136. The number of nitrogens with two attached hydrogens (primary N) is 1. The lowest BCUT2D eigenvalue weighted by Gasteiger charge is -2.61. The van der Waals surface area contributed by atoms with Crippen LogP contribution in [0.15, 0.2) is 0 Å². The first-order chi connectivity index (χ1) is 9.84. The Bertz CT molecular complexity index is 358. The minimum atomic E-state index is -0.519. The molecule has 21 heavy (non-hydrogen) atoms. The van der Waals surface area contributed by atoms with Crippen LogP contribution in [0.1, 0.15) is 53.9 Å². The Morgan fingerprint density at radius 3 is 2.38 bits per heavy atom. The number of ether oxygens (including phenoxy) is 3. The molecule has 0 aromatic carbocycles. The minimum absolute atomic E-state index is 0.0261. The van der Waals surface area contributed by atoms with Crippen LogP contribution in [0.5, 0.6) is 0 Å². The molecule has 0 aromatic heterocycles. The van der Waals surface area contributed by atoms with E-state index in [1.807, 2.05) is 0 Å². The summed E-state index contributed by atoms with van der Waals surface area (Å²) >= 11 is 0. The molecule has 0 radical (unpaired) electrons. The van der Waals surface area contributed by atoms with Crippen molar-refractivity contribution in [2.75, 3.05) is 6.61 Å². The minimum Gasteiger partial charge on any atom is -0.394 e. The Morgan fingerprint density at radius 1 is 1.29 bits per heavy atom. The van der Waals surface area contributed by atoms with Crippen LogP contribution in [0.25, 0.3) is 0 Å². The highest BCUT2D eigenvalue weighted by Crippen LogP contribution is 2.49. The van der Waals surface area contributed by atoms with E-state index in [2.05, 4.69) is 34.6 Å². The van der Waals surface area contributed by atoms with Gasteiger partial charge in [-0.25, -0.2) is 0 Å². The van der Waals surface area contributed by atoms with Crippen molar-refractivity contribution >= 4 is 0 Å². The van der Waals surface area contributed by atoms with Gasteiger partial charge in [0.15, 0.2) is 6.29 Å². The number of aliphatic hydroxyl groups excluding tert-OH is 1. The maximum atomic E-state index is 9.68. The van der Waals surface area contributed by atoms with E-state index >= 15 is 0 Å². The van der Waals surface area contributed by atoms with E-state index in [-0.39, 0.29) is 42.0 Å². The summed E-state index contributed by atoms with van der Waals surface area (Å²) in [5, 5.41) is 9.68. The van der Waals surface area contributed by atoms with Crippen LogP contribution in [-0.2, 0) is 14.2 Å². The van der Waals surface area contributed by atoms with Gasteiger partial charge in [-0.3, -0.25) is 0 Å². The molecule has 0 spiro atoms. The van der Waals surface area contributed by atoms with E-state index in [9.17, 15) is 5.11 Å². The molecule has 2 rings (SSSR count). The van der Waals surface area contributed by atoms with Crippen LogP contribution >= 0.6 is 0 Å². The summed E-state index contributed by atoms with van der Waals surface area (Å²) in [6.07, 6.45) is 1.78. The molecule has 0 bridgehead atoms. The Hall–Kier alpha value is -0.200. The zero-order chi connectivity index (χ0) is 15.8. The van der Waals surface area contributed by atoms with Gasteiger partial charge in [-0.2, -0.15) is 0 Å². The first-order valence-electron chi connectivity index (χ1n) is 8.21. The maximum absolute atomic E-state index is 9.68. The van der Waals surface area contributed by atoms with Gasteiger partial charge >= 0.3 is 0 Å². The molecule has 124 valence electrons. The van der Waals surface area contributed by atoms with E-state index in [0.717, 1.165) is 19.3 Å². The van der Waals surface area contributed by atoms with Crippen molar-refractivity contribution in [3.8, 4) is 0 Å². The van der Waals surface area contributed by atoms with Gasteiger partial charge in [0, 0.05) is 5.92 Å². The summed E-state index contributed by atoms with van der Waals surface area (Å²) < 4.78 is 18.2. The second-order valence-electron chi connectivity index (χ2n) is 6.85. The van der Waals surface area contributed by atoms with E-state index < -0.39 is 6.29 Å². The average Bonchev–Trinajstić information content (AvgIpc) is 2.48. The van der Waals surface area contributed by atoms with Crippen molar-refractivity contribution < 1.29 is 19.3 Å². The highest BCUT2D eigenvalue weighted by molar-refractivity contribution is 5.08. The molecule has 2 aliphatic rings. The van der Waals surface area contributed by atoms with Crippen molar-refractivity contribution in [2.45, 2.75) is 89.6 Å². The number of rotatable bonds is 6. The fourth-order valence-corrected chi connectivity index (χ4v) is 3.44. The quantitative estimate of drug-likeness (QED) is 0.782. The van der Waals surface area contributed by atoms with Crippen molar-refractivity contribution in [1.82, 2.24) is 0 Å². The van der Waals surface area contributed by atoms with Crippen molar-refractivity contribution in [3.63, 3.8) is 0 Å². The average molecular weight is 301 g/mol. The molecule has 3 N–H and O–H groups in total. The number of hydrogen-bond acceptors (Lipinski definition) is 5. The molecule has 0 aromatic rings. The molecule has 0 aliphatic carbocycles. The van der Waals surface area contributed by atoms with E-state index in [1.165, 1.54) is 0 Å². The predicted molar refractivity (Wildman–Crippen MR) is 80.9 cm³/mol. The van der Waals surface area contributed by atoms with Gasteiger partial charge in [-0.1, -0.05) is 20.8 Å². The van der Waals surface area contributed by atoms with Gasteiger partial charge in [0.2, 0.25) is 0 Å². The number of fused-ring (bicyclic) bond motifs is 1. The SMILES string of the molecule is CCC(C)(CC)O[C@@H]1OC(CO)[C@@H]2C(OC2(C)CC)C1N. The van der Waals surface area contributed by atoms with Gasteiger partial charge < -0.3 is 25.1 Å². The summed E-state index contributed by atoms with van der Waals surface area (Å²) in [6, 6.07) is -0.310. The summed E-state index contributed by atoms with van der Waals surface area (Å²) in [7, 11) is 0. The molecule has 2 fully saturated rings. The molecule has 5 nitrogen and oxygen atoms in total. The standard InChI is InChI=1S/C16H31NO4/c1-6-15(4,7-2)21-14-12(17)13-11(10(9-18)19-14)16(5,8-3)20-13/h10-14,18H,6-9,17H2,1-5H3/t10?,11-,12?,13?,14+,16?/m1/s1. The molecule has 2 aliphatic heterocycles. The summed E-state index contributed by atoms with van der Waals surface area (Å²) in [4.78, 5) is 0. The molecule has 4 unspecified atom stereocenters. The van der Waals surface area contributed by atoms with Crippen molar-refractivity contribution in [3.05, 3.63) is 0 Å². The lowest BCUT2D eigenvalue weighted by atomic mass is 9.69. The van der Waals surface area contributed by atoms with Crippen LogP contribution in [0, 0.1) is 5.92 Å². The largest absolute Gasteiger partial charge is 0.394 e. The molecular weight excluding hydrogens is 270 g/mol.